The van der Waals surface area contributed by atoms with Gasteiger partial charge >= 0.3 is 0 Å². The molecule has 0 aliphatic rings. The molecule has 0 bridgehead atoms. The van der Waals surface area contributed by atoms with Crippen LogP contribution in [-0.2, 0) is 11.9 Å². The average molecular weight is 323 g/mol. The van der Waals surface area contributed by atoms with Gasteiger partial charge in [-0.15, -0.1) is 0 Å². The number of aromatic nitrogens is 1. The van der Waals surface area contributed by atoms with Crippen molar-refractivity contribution in [2.24, 2.45) is 0 Å². The zero-order valence-corrected chi connectivity index (χ0v) is 11.5. The molecular weight excluding hydrogens is 312 g/mol. The molecule has 0 saturated carbocycles. The molecule has 2 rings (SSSR count). The molecule has 0 saturated heterocycles. The Balaban J connectivity index is 2.07. The van der Waals surface area contributed by atoms with Crippen LogP contribution in [0.2, 0.25) is 0 Å². The Labute approximate surface area is 118 Å². The first-order chi connectivity index (χ1) is 9.20. The Morgan fingerprint density at radius 2 is 2.05 bits per heavy atom. The third-order valence-corrected chi connectivity index (χ3v) is 3.09. The fourth-order valence-electron chi connectivity index (χ4n) is 1.55. The maximum absolute atomic E-state index is 10.8. The van der Waals surface area contributed by atoms with Crippen molar-refractivity contribution in [3.63, 3.8) is 0 Å². The van der Waals surface area contributed by atoms with Gasteiger partial charge in [0.15, 0.2) is 0 Å². The maximum atomic E-state index is 10.8. The number of hydrogen-bond acceptors (Lipinski definition) is 4. The van der Waals surface area contributed by atoms with Crippen molar-refractivity contribution in [3.05, 3.63) is 64.0 Å². The molecule has 19 heavy (non-hydrogen) atoms. The number of nitrogens with zero attached hydrogens (tertiary/aromatic N) is 2. The van der Waals surface area contributed by atoms with Crippen LogP contribution in [0.1, 0.15) is 11.3 Å². The molecular formula is C13H11BrN2O3. The van der Waals surface area contributed by atoms with Gasteiger partial charge in [0.05, 0.1) is 22.4 Å². The lowest BCUT2D eigenvalue weighted by Gasteiger charge is -2.06. The maximum Gasteiger partial charge on any atom is 0.276 e. The molecule has 0 atom stereocenters. The summed E-state index contributed by atoms with van der Waals surface area (Å²) in [5.74, 6) is 0.586. The third-order valence-electron chi connectivity index (χ3n) is 2.52. The van der Waals surface area contributed by atoms with Gasteiger partial charge in [0.2, 0.25) is 0 Å². The molecule has 0 spiro atoms. The van der Waals surface area contributed by atoms with Crippen LogP contribution in [-0.4, -0.2) is 9.91 Å². The van der Waals surface area contributed by atoms with Crippen molar-refractivity contribution in [1.82, 2.24) is 4.98 Å². The molecule has 0 radical (unpaired) electrons. The van der Waals surface area contributed by atoms with Crippen LogP contribution < -0.4 is 4.74 Å². The number of alkyl halides is 1. The lowest BCUT2D eigenvalue weighted by molar-refractivity contribution is -0.385. The summed E-state index contributed by atoms with van der Waals surface area (Å²) in [5, 5.41) is 11.5. The fraction of sp³-hybridized carbons (Fsp3) is 0.154. The molecule has 6 heteroatoms. The summed E-state index contributed by atoms with van der Waals surface area (Å²) in [6.45, 7) is 0.145. The van der Waals surface area contributed by atoms with E-state index in [9.17, 15) is 10.1 Å². The first-order valence-electron chi connectivity index (χ1n) is 5.56. The molecule has 1 aromatic heterocycles. The number of nitro benzene ring substituents is 1. The van der Waals surface area contributed by atoms with Gasteiger partial charge in [-0.1, -0.05) is 28.1 Å². The Bertz CT molecular complexity index is 572. The number of halogens is 1. The van der Waals surface area contributed by atoms with E-state index in [1.54, 1.807) is 30.5 Å². The highest BCUT2D eigenvalue weighted by Gasteiger charge is 2.12. The monoisotopic (exact) mass is 322 g/mol. The SMILES string of the molecule is O=[N+]([O-])c1ccccc1COc1ccc(CBr)nc1. The van der Waals surface area contributed by atoms with Gasteiger partial charge in [-0.2, -0.15) is 0 Å². The Hall–Kier alpha value is -1.95. The van der Waals surface area contributed by atoms with E-state index in [4.69, 9.17) is 4.74 Å². The zero-order valence-electron chi connectivity index (χ0n) is 9.95. The van der Waals surface area contributed by atoms with Gasteiger partial charge in [-0.25, -0.2) is 0 Å². The molecule has 98 valence electrons. The Kier molecular flexibility index (Phi) is 4.46. The van der Waals surface area contributed by atoms with Gasteiger partial charge in [-0.05, 0) is 18.2 Å². The molecule has 0 aliphatic heterocycles. The van der Waals surface area contributed by atoms with Gasteiger partial charge in [0.25, 0.3) is 5.69 Å². The number of pyridine rings is 1. The summed E-state index contributed by atoms with van der Waals surface area (Å²) < 4.78 is 5.50. The van der Waals surface area contributed by atoms with Gasteiger partial charge in [0, 0.05) is 11.4 Å². The molecule has 0 unspecified atom stereocenters. The summed E-state index contributed by atoms with van der Waals surface area (Å²) >= 11 is 3.30. The Morgan fingerprint density at radius 1 is 1.26 bits per heavy atom. The van der Waals surface area contributed by atoms with E-state index in [0.29, 0.717) is 16.6 Å². The standard InChI is InChI=1S/C13H11BrN2O3/c14-7-11-5-6-12(8-15-11)19-9-10-3-1-2-4-13(10)16(17)18/h1-6,8H,7,9H2. The second kappa shape index (κ2) is 6.29. The highest BCUT2D eigenvalue weighted by molar-refractivity contribution is 9.08. The van der Waals surface area contributed by atoms with Crippen LogP contribution >= 0.6 is 15.9 Å². The summed E-state index contributed by atoms with van der Waals surface area (Å²) in [7, 11) is 0. The zero-order chi connectivity index (χ0) is 13.7. The number of para-hydroxylation sites is 1. The lowest BCUT2D eigenvalue weighted by atomic mass is 10.2. The quantitative estimate of drug-likeness (QED) is 0.480. The molecule has 0 fully saturated rings. The molecule has 1 heterocycles. The van der Waals surface area contributed by atoms with Crippen molar-refractivity contribution in [2.45, 2.75) is 11.9 Å². The molecule has 1 aromatic carbocycles. The number of rotatable bonds is 5. The summed E-state index contributed by atoms with van der Waals surface area (Å²) in [4.78, 5) is 14.6. The molecule has 0 aliphatic carbocycles. The van der Waals surface area contributed by atoms with E-state index in [0.717, 1.165) is 5.69 Å². The van der Waals surface area contributed by atoms with Crippen molar-refractivity contribution in [1.29, 1.82) is 0 Å². The van der Waals surface area contributed by atoms with E-state index < -0.39 is 4.92 Å². The minimum Gasteiger partial charge on any atom is -0.487 e. The predicted molar refractivity (Wildman–Crippen MR) is 74.3 cm³/mol. The summed E-state index contributed by atoms with van der Waals surface area (Å²) in [6, 6.07) is 10.1. The highest BCUT2D eigenvalue weighted by Crippen LogP contribution is 2.20. The number of benzene rings is 1. The normalized spacial score (nSPS) is 10.2. The van der Waals surface area contributed by atoms with Crippen LogP contribution in [0, 0.1) is 10.1 Å². The van der Waals surface area contributed by atoms with Crippen LogP contribution in [0.4, 0.5) is 5.69 Å². The van der Waals surface area contributed by atoms with Crippen molar-refractivity contribution in [3.8, 4) is 5.75 Å². The second-order valence-electron chi connectivity index (χ2n) is 3.79. The molecule has 5 nitrogen and oxygen atoms in total. The minimum absolute atomic E-state index is 0.0625. The minimum atomic E-state index is -0.412. The van der Waals surface area contributed by atoms with E-state index >= 15 is 0 Å². The van der Waals surface area contributed by atoms with Crippen LogP contribution in [0.25, 0.3) is 0 Å². The van der Waals surface area contributed by atoms with Crippen molar-refractivity contribution < 1.29 is 9.66 Å². The first kappa shape index (κ1) is 13.5. The summed E-state index contributed by atoms with van der Waals surface area (Å²) in [5.41, 5.74) is 1.50. The third kappa shape index (κ3) is 3.51. The molecule has 0 N–H and O–H groups in total. The van der Waals surface area contributed by atoms with E-state index in [1.165, 1.54) is 6.07 Å². The van der Waals surface area contributed by atoms with E-state index in [-0.39, 0.29) is 12.3 Å². The van der Waals surface area contributed by atoms with E-state index in [1.807, 2.05) is 6.07 Å². The first-order valence-corrected chi connectivity index (χ1v) is 6.69. The van der Waals surface area contributed by atoms with Crippen molar-refractivity contribution in [2.75, 3.05) is 0 Å². The van der Waals surface area contributed by atoms with Crippen LogP contribution in [0.5, 0.6) is 5.75 Å². The lowest BCUT2D eigenvalue weighted by Crippen LogP contribution is -2.00. The molecule has 2 aromatic rings. The summed E-state index contributed by atoms with van der Waals surface area (Å²) in [6.07, 6.45) is 1.60. The van der Waals surface area contributed by atoms with E-state index in [2.05, 4.69) is 20.9 Å². The Morgan fingerprint density at radius 3 is 2.68 bits per heavy atom. The number of nitro groups is 1. The molecule has 0 amide bonds. The van der Waals surface area contributed by atoms with Crippen LogP contribution in [0.15, 0.2) is 42.6 Å². The average Bonchev–Trinajstić information content (AvgIpc) is 2.46. The highest BCUT2D eigenvalue weighted by atomic mass is 79.9. The van der Waals surface area contributed by atoms with Gasteiger partial charge < -0.3 is 4.74 Å². The second-order valence-corrected chi connectivity index (χ2v) is 4.35. The number of ether oxygens (including phenoxy) is 1. The predicted octanol–water partition coefficient (Wildman–Crippen LogP) is 3.46. The number of hydrogen-bond donors (Lipinski definition) is 0. The van der Waals surface area contributed by atoms with Crippen molar-refractivity contribution >= 4 is 21.6 Å². The largest absolute Gasteiger partial charge is 0.487 e. The topological polar surface area (TPSA) is 65.3 Å². The van der Waals surface area contributed by atoms with Crippen LogP contribution in [0.3, 0.4) is 0 Å². The fourth-order valence-corrected chi connectivity index (χ4v) is 1.88. The van der Waals surface area contributed by atoms with Gasteiger partial charge in [-0.3, -0.25) is 15.1 Å². The smallest absolute Gasteiger partial charge is 0.276 e. The van der Waals surface area contributed by atoms with Gasteiger partial charge in [0.1, 0.15) is 12.4 Å².